The maximum Gasteiger partial charge on any atom is 0.193 e. The number of nitrogens with zero attached hydrogens (tertiary/aromatic N) is 4. The Morgan fingerprint density at radius 2 is 2.00 bits per heavy atom. The van der Waals surface area contributed by atoms with Crippen molar-refractivity contribution in [1.29, 1.82) is 0 Å². The third-order valence-electron chi connectivity index (χ3n) is 4.34. The van der Waals surface area contributed by atoms with Gasteiger partial charge in [-0.1, -0.05) is 34.1 Å². The maximum absolute atomic E-state index is 4.81. The summed E-state index contributed by atoms with van der Waals surface area (Å²) >= 11 is 3.62. The summed E-state index contributed by atoms with van der Waals surface area (Å²) in [6.45, 7) is 8.68. The molecule has 26 heavy (non-hydrogen) atoms. The van der Waals surface area contributed by atoms with Crippen LogP contribution in [0.4, 0.5) is 0 Å². The highest BCUT2D eigenvalue weighted by Crippen LogP contribution is 2.17. The van der Waals surface area contributed by atoms with Crippen LogP contribution in [0.1, 0.15) is 29.4 Å². The molecule has 2 rings (SSSR count). The Balaban J connectivity index is 0.00000338. The standard InChI is InChI=1S/C19H28BrN5.HI/c1-6-21-19(24(4)13-16-9-7-8-10-18(16)20)22-12-11-17-14(2)23-25(5)15(17)3;/h7-10H,6,11-13H2,1-5H3,(H,21,22);1H. The van der Waals surface area contributed by atoms with Crippen LogP contribution in [0.15, 0.2) is 33.7 Å². The topological polar surface area (TPSA) is 45.5 Å². The molecule has 0 spiro atoms. The minimum absolute atomic E-state index is 0. The van der Waals surface area contributed by atoms with Crippen LogP contribution >= 0.6 is 39.9 Å². The van der Waals surface area contributed by atoms with Crippen molar-refractivity contribution in [1.82, 2.24) is 20.0 Å². The SMILES string of the molecule is CCNC(=NCCc1c(C)nn(C)c1C)N(C)Cc1ccccc1Br.I. The molecule has 1 N–H and O–H groups in total. The summed E-state index contributed by atoms with van der Waals surface area (Å²) < 4.78 is 3.07. The van der Waals surface area contributed by atoms with Crippen molar-refractivity contribution in [3.05, 3.63) is 51.3 Å². The zero-order valence-electron chi connectivity index (χ0n) is 16.2. The van der Waals surface area contributed by atoms with Gasteiger partial charge in [-0.2, -0.15) is 5.10 Å². The van der Waals surface area contributed by atoms with Crippen molar-refractivity contribution < 1.29 is 0 Å². The van der Waals surface area contributed by atoms with E-state index in [1.807, 2.05) is 17.8 Å². The number of benzene rings is 1. The van der Waals surface area contributed by atoms with Gasteiger partial charge in [0.2, 0.25) is 0 Å². The quantitative estimate of drug-likeness (QED) is 0.346. The molecule has 0 bridgehead atoms. The molecule has 0 fully saturated rings. The van der Waals surface area contributed by atoms with Crippen molar-refractivity contribution in [2.24, 2.45) is 12.0 Å². The average Bonchev–Trinajstić information content (AvgIpc) is 2.82. The minimum atomic E-state index is 0. The van der Waals surface area contributed by atoms with E-state index in [1.165, 1.54) is 16.8 Å². The lowest BCUT2D eigenvalue weighted by Gasteiger charge is -2.22. The van der Waals surface area contributed by atoms with Gasteiger partial charge in [0.05, 0.1) is 5.69 Å². The summed E-state index contributed by atoms with van der Waals surface area (Å²) in [5, 5.41) is 7.86. The number of aryl methyl sites for hydroxylation is 2. The van der Waals surface area contributed by atoms with E-state index < -0.39 is 0 Å². The number of hydrogen-bond acceptors (Lipinski definition) is 2. The van der Waals surface area contributed by atoms with Gasteiger partial charge in [-0.05, 0) is 44.4 Å². The largest absolute Gasteiger partial charge is 0.357 e. The molecule has 2 aromatic rings. The van der Waals surface area contributed by atoms with Crippen molar-refractivity contribution in [2.75, 3.05) is 20.1 Å². The van der Waals surface area contributed by atoms with Gasteiger partial charge in [-0.3, -0.25) is 9.67 Å². The maximum atomic E-state index is 4.81. The highest BCUT2D eigenvalue weighted by molar-refractivity contribution is 14.0. The number of hydrogen-bond donors (Lipinski definition) is 1. The molecule has 0 aliphatic heterocycles. The highest BCUT2D eigenvalue weighted by Gasteiger charge is 2.11. The summed E-state index contributed by atoms with van der Waals surface area (Å²) in [5.74, 6) is 0.928. The van der Waals surface area contributed by atoms with Gasteiger partial charge in [-0.25, -0.2) is 0 Å². The molecule has 0 radical (unpaired) electrons. The second kappa shape index (κ2) is 10.9. The van der Waals surface area contributed by atoms with Crippen LogP contribution in [0, 0.1) is 13.8 Å². The number of nitrogens with one attached hydrogen (secondary N) is 1. The Bertz CT molecular complexity index is 742. The molecule has 0 amide bonds. The fourth-order valence-electron chi connectivity index (χ4n) is 2.88. The predicted molar refractivity (Wildman–Crippen MR) is 123 cm³/mol. The van der Waals surface area contributed by atoms with Gasteiger partial charge >= 0.3 is 0 Å². The van der Waals surface area contributed by atoms with Gasteiger partial charge in [0.25, 0.3) is 0 Å². The van der Waals surface area contributed by atoms with Crippen LogP contribution in [0.2, 0.25) is 0 Å². The third kappa shape index (κ3) is 5.97. The fraction of sp³-hybridized carbons (Fsp3) is 0.474. The Morgan fingerprint density at radius 1 is 1.31 bits per heavy atom. The van der Waals surface area contributed by atoms with Crippen LogP contribution in [0.5, 0.6) is 0 Å². The van der Waals surface area contributed by atoms with Crippen LogP contribution < -0.4 is 5.32 Å². The molecule has 0 unspecified atom stereocenters. The zero-order valence-corrected chi connectivity index (χ0v) is 20.1. The molecular weight excluding hydrogens is 505 g/mol. The summed E-state index contributed by atoms with van der Waals surface area (Å²) in [4.78, 5) is 6.96. The van der Waals surface area contributed by atoms with E-state index in [1.54, 1.807) is 0 Å². The van der Waals surface area contributed by atoms with Crippen LogP contribution in [0.3, 0.4) is 0 Å². The van der Waals surface area contributed by atoms with E-state index in [4.69, 9.17) is 4.99 Å². The average molecular weight is 534 g/mol. The lowest BCUT2D eigenvalue weighted by atomic mass is 10.1. The van der Waals surface area contributed by atoms with E-state index in [9.17, 15) is 0 Å². The first-order valence-corrected chi connectivity index (χ1v) is 9.45. The first kappa shape index (κ1) is 23.0. The molecule has 5 nitrogen and oxygen atoms in total. The van der Waals surface area contributed by atoms with E-state index in [0.717, 1.165) is 42.2 Å². The number of halogens is 2. The first-order valence-electron chi connectivity index (χ1n) is 8.66. The second-order valence-electron chi connectivity index (χ2n) is 6.21. The van der Waals surface area contributed by atoms with Crippen molar-refractivity contribution in [3.8, 4) is 0 Å². The monoisotopic (exact) mass is 533 g/mol. The molecule has 7 heteroatoms. The third-order valence-corrected chi connectivity index (χ3v) is 5.12. The highest BCUT2D eigenvalue weighted by atomic mass is 127. The molecule has 1 aromatic heterocycles. The van der Waals surface area contributed by atoms with Gasteiger partial charge in [0, 0.05) is 43.9 Å². The Morgan fingerprint density at radius 3 is 2.58 bits per heavy atom. The van der Waals surface area contributed by atoms with Gasteiger partial charge in [0.15, 0.2) is 5.96 Å². The molecule has 1 aromatic carbocycles. The van der Waals surface area contributed by atoms with E-state index in [2.05, 4.69) is 77.3 Å². The number of guanidine groups is 1. The summed E-state index contributed by atoms with van der Waals surface area (Å²) in [7, 11) is 4.06. The first-order chi connectivity index (χ1) is 11.9. The Hall–Kier alpha value is -1.09. The van der Waals surface area contributed by atoms with Crippen LogP contribution in [-0.2, 0) is 20.0 Å². The Kier molecular flexibility index (Phi) is 9.63. The lowest BCUT2D eigenvalue weighted by Crippen LogP contribution is -2.38. The molecule has 1 heterocycles. The summed E-state index contributed by atoms with van der Waals surface area (Å²) in [5.41, 5.74) is 4.87. The summed E-state index contributed by atoms with van der Waals surface area (Å²) in [6.07, 6.45) is 0.906. The minimum Gasteiger partial charge on any atom is -0.357 e. The fourth-order valence-corrected chi connectivity index (χ4v) is 3.29. The number of rotatable bonds is 6. The van der Waals surface area contributed by atoms with Crippen LogP contribution in [-0.4, -0.2) is 40.8 Å². The van der Waals surface area contributed by atoms with Crippen LogP contribution in [0.25, 0.3) is 0 Å². The summed E-state index contributed by atoms with van der Waals surface area (Å²) in [6, 6.07) is 8.30. The molecule has 0 atom stereocenters. The second-order valence-corrected chi connectivity index (χ2v) is 7.06. The van der Waals surface area contributed by atoms with Crippen molar-refractivity contribution >= 4 is 45.9 Å². The van der Waals surface area contributed by atoms with Gasteiger partial charge in [0.1, 0.15) is 0 Å². The predicted octanol–water partition coefficient (Wildman–Crippen LogP) is 4.06. The van der Waals surface area contributed by atoms with Crippen molar-refractivity contribution in [3.63, 3.8) is 0 Å². The Labute approximate surface area is 182 Å². The molecular formula is C19H29BrIN5. The van der Waals surface area contributed by atoms with Gasteiger partial charge in [-0.15, -0.1) is 24.0 Å². The van der Waals surface area contributed by atoms with E-state index in [-0.39, 0.29) is 24.0 Å². The molecule has 0 aliphatic carbocycles. The molecule has 144 valence electrons. The number of aromatic nitrogens is 2. The molecule has 0 saturated heterocycles. The van der Waals surface area contributed by atoms with Gasteiger partial charge < -0.3 is 10.2 Å². The van der Waals surface area contributed by atoms with Crippen molar-refractivity contribution in [2.45, 2.75) is 33.7 Å². The lowest BCUT2D eigenvalue weighted by molar-refractivity contribution is 0.476. The smallest absolute Gasteiger partial charge is 0.193 e. The van der Waals surface area contributed by atoms with E-state index >= 15 is 0 Å². The number of aliphatic imine (C=N–C) groups is 1. The normalized spacial score (nSPS) is 11.2. The zero-order chi connectivity index (χ0) is 18.4. The van der Waals surface area contributed by atoms with E-state index in [0.29, 0.717) is 0 Å². The molecule has 0 aliphatic rings. The molecule has 0 saturated carbocycles.